The van der Waals surface area contributed by atoms with Crippen LogP contribution >= 0.6 is 23.2 Å². The predicted molar refractivity (Wildman–Crippen MR) is 110 cm³/mol. The molecule has 1 heterocycles. The van der Waals surface area contributed by atoms with Gasteiger partial charge in [0, 0.05) is 5.56 Å². The molecule has 1 amide bonds. The van der Waals surface area contributed by atoms with Crippen LogP contribution in [0.4, 0.5) is 31.1 Å². The fourth-order valence-electron chi connectivity index (χ4n) is 3.34. The van der Waals surface area contributed by atoms with Crippen LogP contribution in [0.5, 0.6) is 0 Å². The van der Waals surface area contributed by atoms with Gasteiger partial charge in [-0.3, -0.25) is 4.79 Å². The number of alkyl halides is 6. The summed E-state index contributed by atoms with van der Waals surface area (Å²) in [6, 6.07) is 5.45. The highest BCUT2D eigenvalue weighted by Gasteiger charge is 2.45. The Morgan fingerprint density at radius 1 is 0.971 bits per heavy atom. The van der Waals surface area contributed by atoms with Gasteiger partial charge in [0.25, 0.3) is 0 Å². The van der Waals surface area contributed by atoms with Crippen molar-refractivity contribution in [2.75, 3.05) is 13.1 Å². The summed E-state index contributed by atoms with van der Waals surface area (Å²) in [5, 5.41) is 17.5. The monoisotopic (exact) mass is 527 g/mol. The van der Waals surface area contributed by atoms with Crippen LogP contribution < -0.4 is 0 Å². The SMILES string of the molecule is O=C(/C=C(\c1cc(Cl)c(Cl)c(C(F)(F)F)c1)C(F)(F)F)c1ccc(C2(O)CN(C(=O)O)C2)cc1. The largest absolute Gasteiger partial charge is 0.465 e. The number of nitrogens with zero attached hydrogens (tertiary/aromatic N) is 1. The number of hydrogen-bond acceptors (Lipinski definition) is 3. The van der Waals surface area contributed by atoms with E-state index >= 15 is 0 Å². The molecule has 5 nitrogen and oxygen atoms in total. The molecule has 0 aromatic heterocycles. The molecule has 2 aromatic carbocycles. The first-order chi connectivity index (χ1) is 15.5. The Kier molecular flexibility index (Phi) is 6.68. The van der Waals surface area contributed by atoms with Crippen molar-refractivity contribution in [1.29, 1.82) is 0 Å². The Morgan fingerprint density at radius 3 is 2.00 bits per heavy atom. The lowest BCUT2D eigenvalue weighted by molar-refractivity contribution is -0.137. The van der Waals surface area contributed by atoms with E-state index in [2.05, 4.69) is 0 Å². The molecule has 0 bridgehead atoms. The first-order valence-electron chi connectivity index (χ1n) is 9.23. The number of carboxylic acid groups (broad SMARTS) is 1. The van der Waals surface area contributed by atoms with Crippen LogP contribution in [0.2, 0.25) is 10.0 Å². The molecular formula is C21H13Cl2F6NO4. The van der Waals surface area contributed by atoms with Crippen LogP contribution in [-0.2, 0) is 11.8 Å². The molecule has 3 rings (SSSR count). The number of halogens is 8. The normalized spacial score (nSPS) is 16.3. The molecule has 1 aliphatic rings. The molecule has 0 unspecified atom stereocenters. The zero-order valence-corrected chi connectivity index (χ0v) is 18.1. The highest BCUT2D eigenvalue weighted by Crippen LogP contribution is 2.43. The number of carbonyl (C=O) groups excluding carboxylic acids is 1. The van der Waals surface area contributed by atoms with Gasteiger partial charge in [-0.15, -0.1) is 0 Å². The smallest absolute Gasteiger partial charge is 0.417 e. The molecule has 2 aromatic rings. The zero-order chi connectivity index (χ0) is 25.6. The van der Waals surface area contributed by atoms with Crippen molar-refractivity contribution < 1.29 is 46.1 Å². The first kappa shape index (κ1) is 25.9. The Labute approximate surface area is 197 Å². The zero-order valence-electron chi connectivity index (χ0n) is 16.6. The third kappa shape index (κ3) is 5.16. The van der Waals surface area contributed by atoms with E-state index < -0.39 is 56.6 Å². The van der Waals surface area contributed by atoms with Crippen LogP contribution in [0.15, 0.2) is 42.5 Å². The molecule has 2 N–H and O–H groups in total. The molecule has 0 radical (unpaired) electrons. The quantitative estimate of drug-likeness (QED) is 0.289. The van der Waals surface area contributed by atoms with E-state index in [9.17, 15) is 41.0 Å². The highest BCUT2D eigenvalue weighted by atomic mass is 35.5. The van der Waals surface area contributed by atoms with Crippen molar-refractivity contribution in [3.63, 3.8) is 0 Å². The number of carbonyl (C=O) groups is 2. The predicted octanol–water partition coefficient (Wildman–Crippen LogP) is 6.02. The first-order valence-corrected chi connectivity index (χ1v) is 9.99. The number of β-amino-alcohol motifs (C(OH)–C–C–N with tert-alkyl or cyclic N) is 1. The summed E-state index contributed by atoms with van der Waals surface area (Å²) in [7, 11) is 0. The minimum Gasteiger partial charge on any atom is -0.465 e. The van der Waals surface area contributed by atoms with Crippen molar-refractivity contribution in [2.24, 2.45) is 0 Å². The van der Waals surface area contributed by atoms with E-state index in [-0.39, 0.29) is 36.4 Å². The molecule has 0 aliphatic carbocycles. The minimum absolute atomic E-state index is 0.138. The lowest BCUT2D eigenvalue weighted by atomic mass is 9.86. The van der Waals surface area contributed by atoms with E-state index in [1.807, 2.05) is 0 Å². The Hall–Kier alpha value is -2.76. The fourth-order valence-corrected chi connectivity index (χ4v) is 3.78. The molecule has 0 atom stereocenters. The minimum atomic E-state index is -5.21. The Morgan fingerprint density at radius 2 is 1.53 bits per heavy atom. The molecule has 1 aliphatic heterocycles. The second-order valence-corrected chi connectivity index (χ2v) is 8.27. The molecule has 182 valence electrons. The van der Waals surface area contributed by atoms with Gasteiger partial charge in [0.05, 0.1) is 34.3 Å². The number of rotatable bonds is 4. The van der Waals surface area contributed by atoms with Crippen molar-refractivity contribution >= 4 is 40.7 Å². The average molecular weight is 528 g/mol. The van der Waals surface area contributed by atoms with Gasteiger partial charge in [-0.25, -0.2) is 4.79 Å². The number of benzene rings is 2. The summed E-state index contributed by atoms with van der Waals surface area (Å²) in [4.78, 5) is 24.3. The number of allylic oxidation sites excluding steroid dienone is 2. The lowest BCUT2D eigenvalue weighted by Gasteiger charge is -2.45. The van der Waals surface area contributed by atoms with Gasteiger partial charge in [0.1, 0.15) is 5.60 Å². The third-order valence-corrected chi connectivity index (χ3v) is 5.91. The highest BCUT2D eigenvalue weighted by molar-refractivity contribution is 6.42. The van der Waals surface area contributed by atoms with Gasteiger partial charge < -0.3 is 15.1 Å². The van der Waals surface area contributed by atoms with Gasteiger partial charge in [-0.1, -0.05) is 47.5 Å². The number of aliphatic hydroxyl groups is 1. The maximum atomic E-state index is 13.7. The van der Waals surface area contributed by atoms with Gasteiger partial charge in [-0.05, 0) is 29.3 Å². The maximum Gasteiger partial charge on any atom is 0.417 e. The standard InChI is InChI=1S/C21H13Cl2F6NO4/c22-15-6-11(5-14(17(15)23)21(27,28)29)13(20(24,25)26)7-16(31)10-1-3-12(4-2-10)19(34)8-30(9-19)18(32)33/h1-7,34H,8-9H2,(H,32,33)/b13-7+. The molecule has 1 saturated heterocycles. The molecular weight excluding hydrogens is 515 g/mol. The maximum absolute atomic E-state index is 13.7. The second-order valence-electron chi connectivity index (χ2n) is 7.48. The number of likely N-dealkylation sites (tertiary alicyclic amines) is 1. The average Bonchev–Trinajstić information content (AvgIpc) is 2.69. The van der Waals surface area contributed by atoms with Crippen molar-refractivity contribution in [3.8, 4) is 0 Å². The van der Waals surface area contributed by atoms with Crippen molar-refractivity contribution in [1.82, 2.24) is 4.90 Å². The van der Waals surface area contributed by atoms with E-state index in [0.29, 0.717) is 6.07 Å². The van der Waals surface area contributed by atoms with Gasteiger partial charge in [0.15, 0.2) is 5.78 Å². The van der Waals surface area contributed by atoms with Gasteiger partial charge in [0.2, 0.25) is 0 Å². The van der Waals surface area contributed by atoms with Crippen molar-refractivity contribution in [2.45, 2.75) is 18.0 Å². The van der Waals surface area contributed by atoms with Gasteiger partial charge >= 0.3 is 18.4 Å². The van der Waals surface area contributed by atoms with Crippen molar-refractivity contribution in [3.05, 3.63) is 74.8 Å². The van der Waals surface area contributed by atoms with Gasteiger partial charge in [-0.2, -0.15) is 26.3 Å². The summed E-state index contributed by atoms with van der Waals surface area (Å²) in [6.07, 6.45) is -11.4. The Bertz CT molecular complexity index is 1170. The van der Waals surface area contributed by atoms with E-state index in [1.165, 1.54) is 12.1 Å². The summed E-state index contributed by atoms with van der Waals surface area (Å²) in [6.45, 7) is -0.459. The van der Waals surface area contributed by atoms with Crippen LogP contribution in [0, 0.1) is 0 Å². The topological polar surface area (TPSA) is 77.8 Å². The fraction of sp³-hybridized carbons (Fsp3) is 0.238. The molecule has 0 spiro atoms. The number of hydrogen-bond donors (Lipinski definition) is 2. The molecule has 1 fully saturated rings. The molecule has 13 heteroatoms. The summed E-state index contributed by atoms with van der Waals surface area (Å²) in [5.41, 5.74) is -5.79. The van der Waals surface area contributed by atoms with Crippen LogP contribution in [0.25, 0.3) is 5.57 Å². The molecule has 34 heavy (non-hydrogen) atoms. The van der Waals surface area contributed by atoms with Crippen LogP contribution in [0.3, 0.4) is 0 Å². The molecule has 0 saturated carbocycles. The van der Waals surface area contributed by atoms with E-state index in [4.69, 9.17) is 28.3 Å². The van der Waals surface area contributed by atoms with Crippen LogP contribution in [-0.4, -0.2) is 46.3 Å². The summed E-state index contributed by atoms with van der Waals surface area (Å²) >= 11 is 11.1. The van der Waals surface area contributed by atoms with Crippen LogP contribution in [0.1, 0.15) is 27.0 Å². The summed E-state index contributed by atoms with van der Waals surface area (Å²) in [5.74, 6) is -1.17. The Balaban J connectivity index is 1.95. The van der Waals surface area contributed by atoms with E-state index in [1.54, 1.807) is 0 Å². The number of ketones is 1. The third-order valence-electron chi connectivity index (χ3n) is 5.11. The second kappa shape index (κ2) is 8.79. The summed E-state index contributed by atoms with van der Waals surface area (Å²) < 4.78 is 80.5. The van der Waals surface area contributed by atoms with E-state index in [0.717, 1.165) is 17.0 Å². The lowest BCUT2D eigenvalue weighted by Crippen LogP contribution is -2.60. The number of amides is 1.